The zero-order chi connectivity index (χ0) is 12.0. The average molecular weight is 247 g/mol. The van der Waals surface area contributed by atoms with Gasteiger partial charge in [0, 0.05) is 18.2 Å². The largest absolute Gasteiger partial charge is 0.349 e. The predicted octanol–water partition coefficient (Wildman–Crippen LogP) is 2.43. The average Bonchev–Trinajstić information content (AvgIpc) is 2.27. The van der Waals surface area contributed by atoms with E-state index in [2.05, 4.69) is 18.0 Å². The van der Waals surface area contributed by atoms with Gasteiger partial charge in [0.05, 0.1) is 5.69 Å². The molecule has 3 rings (SSSR count). The third-order valence-electron chi connectivity index (χ3n) is 3.12. The molecule has 0 bridgehead atoms. The molecule has 0 amide bonds. The van der Waals surface area contributed by atoms with Crippen molar-refractivity contribution in [1.82, 2.24) is 9.55 Å². The van der Waals surface area contributed by atoms with Crippen molar-refractivity contribution in [3.05, 3.63) is 51.0 Å². The molecule has 0 N–H and O–H groups in total. The van der Waals surface area contributed by atoms with Gasteiger partial charge in [-0.2, -0.15) is 4.98 Å². The number of aryl methyl sites for hydroxylation is 2. The Labute approximate surface area is 104 Å². The summed E-state index contributed by atoms with van der Waals surface area (Å²) in [6.45, 7) is 2.75. The predicted molar refractivity (Wildman–Crippen MR) is 67.4 cm³/mol. The molecule has 1 aliphatic heterocycles. The van der Waals surface area contributed by atoms with Crippen LogP contribution in [0.5, 0.6) is 0 Å². The van der Waals surface area contributed by atoms with Crippen LogP contribution in [-0.2, 0) is 13.0 Å². The Morgan fingerprint density at radius 1 is 1.35 bits per heavy atom. The molecular formula is C13H11ClN2O. The highest BCUT2D eigenvalue weighted by molar-refractivity contribution is 6.29. The molecule has 0 radical (unpaired) electrons. The summed E-state index contributed by atoms with van der Waals surface area (Å²) < 4.78 is 1.68. The second-order valence-corrected chi connectivity index (χ2v) is 4.70. The van der Waals surface area contributed by atoms with Gasteiger partial charge in [0.2, 0.25) is 0 Å². The van der Waals surface area contributed by atoms with E-state index in [0.29, 0.717) is 6.54 Å². The van der Waals surface area contributed by atoms with E-state index in [1.54, 1.807) is 10.6 Å². The van der Waals surface area contributed by atoms with Gasteiger partial charge in [-0.3, -0.25) is 4.57 Å². The number of halogens is 1. The maximum Gasteiger partial charge on any atom is 0.349 e. The van der Waals surface area contributed by atoms with Gasteiger partial charge in [-0.1, -0.05) is 35.4 Å². The quantitative estimate of drug-likeness (QED) is 0.669. The van der Waals surface area contributed by atoms with Crippen LogP contribution in [0.1, 0.15) is 11.1 Å². The van der Waals surface area contributed by atoms with Crippen LogP contribution in [-0.4, -0.2) is 9.55 Å². The molecule has 2 aromatic rings. The summed E-state index contributed by atoms with van der Waals surface area (Å²) in [5, 5.41) is 0.259. The molecule has 0 spiro atoms. The molecule has 1 aliphatic rings. The van der Waals surface area contributed by atoms with Crippen LogP contribution >= 0.6 is 11.6 Å². The van der Waals surface area contributed by atoms with Crippen molar-refractivity contribution in [2.45, 2.75) is 19.9 Å². The van der Waals surface area contributed by atoms with Gasteiger partial charge < -0.3 is 0 Å². The topological polar surface area (TPSA) is 34.9 Å². The van der Waals surface area contributed by atoms with Crippen molar-refractivity contribution in [2.24, 2.45) is 0 Å². The highest BCUT2D eigenvalue weighted by Crippen LogP contribution is 2.29. The van der Waals surface area contributed by atoms with Crippen LogP contribution in [0.15, 0.2) is 29.1 Å². The third-order valence-corrected chi connectivity index (χ3v) is 3.32. The molecule has 1 aromatic heterocycles. The van der Waals surface area contributed by atoms with Gasteiger partial charge in [0.15, 0.2) is 0 Å². The van der Waals surface area contributed by atoms with Gasteiger partial charge in [0.1, 0.15) is 5.15 Å². The Hall–Kier alpha value is -1.61. The first-order valence-electron chi connectivity index (χ1n) is 5.52. The summed E-state index contributed by atoms with van der Waals surface area (Å²) in [7, 11) is 0. The van der Waals surface area contributed by atoms with Crippen LogP contribution in [0.4, 0.5) is 0 Å². The van der Waals surface area contributed by atoms with Crippen LogP contribution in [0.2, 0.25) is 5.15 Å². The highest BCUT2D eigenvalue weighted by atomic mass is 35.5. The van der Waals surface area contributed by atoms with E-state index in [0.717, 1.165) is 17.7 Å². The van der Waals surface area contributed by atoms with E-state index in [1.807, 2.05) is 12.1 Å². The lowest BCUT2D eigenvalue weighted by molar-refractivity contribution is 0.640. The summed E-state index contributed by atoms with van der Waals surface area (Å²) in [4.78, 5) is 15.5. The molecule has 4 heteroatoms. The molecule has 0 atom stereocenters. The van der Waals surface area contributed by atoms with Gasteiger partial charge in [-0.15, -0.1) is 0 Å². The summed E-state index contributed by atoms with van der Waals surface area (Å²) in [6, 6.07) is 8.02. The van der Waals surface area contributed by atoms with E-state index in [4.69, 9.17) is 11.6 Å². The fraction of sp³-hybridized carbons (Fsp3) is 0.231. The minimum atomic E-state index is -0.265. The first-order valence-corrected chi connectivity index (χ1v) is 5.90. The first-order chi connectivity index (χ1) is 8.15. The van der Waals surface area contributed by atoms with E-state index in [9.17, 15) is 4.79 Å². The minimum Gasteiger partial charge on any atom is -0.291 e. The number of rotatable bonds is 0. The van der Waals surface area contributed by atoms with Gasteiger partial charge >= 0.3 is 5.69 Å². The lowest BCUT2D eigenvalue weighted by atomic mass is 9.96. The second-order valence-electron chi connectivity index (χ2n) is 4.31. The van der Waals surface area contributed by atoms with E-state index >= 15 is 0 Å². The lowest BCUT2D eigenvalue weighted by Gasteiger charge is -2.21. The van der Waals surface area contributed by atoms with Crippen LogP contribution in [0.25, 0.3) is 11.3 Å². The standard InChI is InChI=1S/C13H11ClN2O/c1-8-2-3-10-9(6-8)4-5-16-11(10)7-12(14)15-13(16)17/h2-3,6-7H,4-5H2,1H3. The monoisotopic (exact) mass is 246 g/mol. The van der Waals surface area contributed by atoms with Crippen LogP contribution in [0.3, 0.4) is 0 Å². The molecule has 2 heterocycles. The van der Waals surface area contributed by atoms with Crippen molar-refractivity contribution in [3.8, 4) is 11.3 Å². The Morgan fingerprint density at radius 3 is 3.00 bits per heavy atom. The minimum absolute atomic E-state index is 0.259. The van der Waals surface area contributed by atoms with Gasteiger partial charge in [-0.05, 0) is 18.9 Å². The van der Waals surface area contributed by atoms with Crippen molar-refractivity contribution < 1.29 is 0 Å². The number of hydrogen-bond donors (Lipinski definition) is 0. The molecule has 17 heavy (non-hydrogen) atoms. The smallest absolute Gasteiger partial charge is 0.291 e. The highest BCUT2D eigenvalue weighted by Gasteiger charge is 2.17. The Balaban J connectivity index is 2.33. The fourth-order valence-electron chi connectivity index (χ4n) is 2.33. The molecule has 0 unspecified atom stereocenters. The van der Waals surface area contributed by atoms with Crippen LogP contribution in [0, 0.1) is 6.92 Å². The molecule has 0 saturated carbocycles. The first kappa shape index (κ1) is 10.5. The Morgan fingerprint density at radius 2 is 2.18 bits per heavy atom. The van der Waals surface area contributed by atoms with Gasteiger partial charge in [-0.25, -0.2) is 4.79 Å². The zero-order valence-corrected chi connectivity index (χ0v) is 10.2. The summed E-state index contributed by atoms with van der Waals surface area (Å²) >= 11 is 5.86. The number of hydrogen-bond acceptors (Lipinski definition) is 2. The normalized spacial score (nSPS) is 13.1. The molecule has 1 aromatic carbocycles. The zero-order valence-electron chi connectivity index (χ0n) is 9.40. The summed E-state index contributed by atoms with van der Waals surface area (Å²) in [6.07, 6.45) is 0.868. The molecule has 0 fully saturated rings. The van der Waals surface area contributed by atoms with E-state index < -0.39 is 0 Å². The molecular weight excluding hydrogens is 236 g/mol. The second kappa shape index (κ2) is 3.70. The van der Waals surface area contributed by atoms with Gasteiger partial charge in [0.25, 0.3) is 0 Å². The summed E-state index contributed by atoms with van der Waals surface area (Å²) in [5.41, 5.74) is 4.20. The Bertz CT molecular complexity index is 661. The fourth-order valence-corrected chi connectivity index (χ4v) is 2.50. The number of aromatic nitrogens is 2. The number of nitrogens with zero attached hydrogens (tertiary/aromatic N) is 2. The van der Waals surface area contributed by atoms with E-state index in [-0.39, 0.29) is 10.8 Å². The maximum atomic E-state index is 11.7. The van der Waals surface area contributed by atoms with Crippen molar-refractivity contribution in [2.75, 3.05) is 0 Å². The molecule has 0 saturated heterocycles. The van der Waals surface area contributed by atoms with Crippen LogP contribution < -0.4 is 5.69 Å². The van der Waals surface area contributed by atoms with Crippen molar-refractivity contribution >= 4 is 11.6 Å². The van der Waals surface area contributed by atoms with E-state index in [1.165, 1.54) is 11.1 Å². The molecule has 0 aliphatic carbocycles. The molecule has 86 valence electrons. The summed E-state index contributed by atoms with van der Waals surface area (Å²) in [5.74, 6) is 0. The lowest BCUT2D eigenvalue weighted by Crippen LogP contribution is -2.28. The SMILES string of the molecule is Cc1ccc2c(c1)CCn1c-2cc(Cl)nc1=O. The number of fused-ring (bicyclic) bond motifs is 3. The number of benzene rings is 1. The maximum absolute atomic E-state index is 11.7. The van der Waals surface area contributed by atoms with Crippen molar-refractivity contribution in [1.29, 1.82) is 0 Å². The Kier molecular flexibility index (Phi) is 2.30. The third kappa shape index (κ3) is 1.67. The van der Waals surface area contributed by atoms with Crippen molar-refractivity contribution in [3.63, 3.8) is 0 Å². The molecule has 3 nitrogen and oxygen atoms in total.